The van der Waals surface area contributed by atoms with Gasteiger partial charge in [0.1, 0.15) is 0 Å². The first-order valence-corrected chi connectivity index (χ1v) is 6.98. The number of hydrogen-bond donors (Lipinski definition) is 1. The molecule has 0 bridgehead atoms. The Balaban J connectivity index is 1.82. The molecule has 1 aliphatic heterocycles. The number of rotatable bonds is 1. The molecule has 2 unspecified atom stereocenters. The van der Waals surface area contributed by atoms with Crippen LogP contribution in [0.25, 0.3) is 0 Å². The van der Waals surface area contributed by atoms with E-state index in [4.69, 9.17) is 15.2 Å². The molecule has 1 saturated carbocycles. The third-order valence-electron chi connectivity index (χ3n) is 3.96. The lowest BCUT2D eigenvalue weighted by Crippen LogP contribution is -2.26. The van der Waals surface area contributed by atoms with Crippen molar-refractivity contribution in [3.05, 3.63) is 23.8 Å². The molecular weight excluding hydrogens is 226 g/mol. The zero-order valence-electron chi connectivity index (χ0n) is 10.7. The van der Waals surface area contributed by atoms with Crippen molar-refractivity contribution in [3.8, 4) is 11.5 Å². The standard InChI is InChI=1S/C15H21NO2/c16-13-4-1-3-11(9-13)12-5-6-14-15(10-12)18-8-2-7-17-14/h5-6,10-11,13H,1-4,7-9,16H2. The number of ether oxygens (including phenoxy) is 2. The summed E-state index contributed by atoms with van der Waals surface area (Å²) in [7, 11) is 0. The summed E-state index contributed by atoms with van der Waals surface area (Å²) in [6.45, 7) is 1.50. The second kappa shape index (κ2) is 5.19. The zero-order chi connectivity index (χ0) is 12.4. The number of nitrogens with two attached hydrogens (primary N) is 1. The summed E-state index contributed by atoms with van der Waals surface area (Å²) in [4.78, 5) is 0. The molecular formula is C15H21NO2. The van der Waals surface area contributed by atoms with Gasteiger partial charge in [-0.2, -0.15) is 0 Å². The first kappa shape index (κ1) is 11.8. The van der Waals surface area contributed by atoms with Crippen LogP contribution in [-0.2, 0) is 0 Å². The van der Waals surface area contributed by atoms with E-state index in [1.54, 1.807) is 0 Å². The van der Waals surface area contributed by atoms with Crippen LogP contribution >= 0.6 is 0 Å². The third-order valence-corrected chi connectivity index (χ3v) is 3.96. The number of hydrogen-bond acceptors (Lipinski definition) is 3. The normalized spacial score (nSPS) is 27.6. The number of benzene rings is 1. The zero-order valence-corrected chi connectivity index (χ0v) is 10.7. The Hall–Kier alpha value is -1.22. The molecule has 3 nitrogen and oxygen atoms in total. The smallest absolute Gasteiger partial charge is 0.161 e. The Morgan fingerprint density at radius 1 is 1.00 bits per heavy atom. The predicted molar refractivity (Wildman–Crippen MR) is 71.2 cm³/mol. The Bertz CT molecular complexity index is 419. The largest absolute Gasteiger partial charge is 0.490 e. The molecule has 2 atom stereocenters. The van der Waals surface area contributed by atoms with E-state index >= 15 is 0 Å². The minimum absolute atomic E-state index is 0.361. The van der Waals surface area contributed by atoms with Gasteiger partial charge in [0.15, 0.2) is 11.5 Å². The van der Waals surface area contributed by atoms with E-state index in [-0.39, 0.29) is 0 Å². The minimum Gasteiger partial charge on any atom is -0.490 e. The van der Waals surface area contributed by atoms with Gasteiger partial charge in [0.05, 0.1) is 13.2 Å². The molecule has 98 valence electrons. The summed E-state index contributed by atoms with van der Waals surface area (Å²) in [6, 6.07) is 6.75. The van der Waals surface area contributed by atoms with E-state index in [0.717, 1.165) is 37.6 Å². The molecule has 1 heterocycles. The molecule has 0 saturated heterocycles. The quantitative estimate of drug-likeness (QED) is 0.830. The second-order valence-corrected chi connectivity index (χ2v) is 5.38. The van der Waals surface area contributed by atoms with Crippen molar-refractivity contribution in [2.24, 2.45) is 5.73 Å². The highest BCUT2D eigenvalue weighted by atomic mass is 16.5. The molecule has 18 heavy (non-hydrogen) atoms. The van der Waals surface area contributed by atoms with E-state index in [0.29, 0.717) is 12.0 Å². The van der Waals surface area contributed by atoms with E-state index in [9.17, 15) is 0 Å². The lowest BCUT2D eigenvalue weighted by Gasteiger charge is -2.27. The van der Waals surface area contributed by atoms with Gasteiger partial charge in [-0.15, -0.1) is 0 Å². The fourth-order valence-corrected chi connectivity index (χ4v) is 2.96. The SMILES string of the molecule is NC1CCCC(c2ccc3c(c2)OCCCO3)C1. The van der Waals surface area contributed by atoms with Gasteiger partial charge in [-0.3, -0.25) is 0 Å². The van der Waals surface area contributed by atoms with Crippen LogP contribution < -0.4 is 15.2 Å². The highest BCUT2D eigenvalue weighted by Gasteiger charge is 2.22. The van der Waals surface area contributed by atoms with Gasteiger partial charge in [-0.1, -0.05) is 12.5 Å². The minimum atomic E-state index is 0.361. The van der Waals surface area contributed by atoms with Crippen LogP contribution in [0, 0.1) is 0 Å². The molecule has 1 aromatic carbocycles. The molecule has 0 aromatic heterocycles. The molecule has 3 rings (SSSR count). The molecule has 3 heteroatoms. The molecule has 2 aliphatic rings. The third kappa shape index (κ3) is 2.46. The van der Waals surface area contributed by atoms with Crippen LogP contribution in [-0.4, -0.2) is 19.3 Å². The molecule has 1 aliphatic carbocycles. The second-order valence-electron chi connectivity index (χ2n) is 5.38. The van der Waals surface area contributed by atoms with Gasteiger partial charge in [0.2, 0.25) is 0 Å². The topological polar surface area (TPSA) is 44.5 Å². The van der Waals surface area contributed by atoms with Crippen LogP contribution in [0.4, 0.5) is 0 Å². The number of fused-ring (bicyclic) bond motifs is 1. The maximum atomic E-state index is 6.07. The monoisotopic (exact) mass is 247 g/mol. The fourth-order valence-electron chi connectivity index (χ4n) is 2.96. The van der Waals surface area contributed by atoms with Crippen molar-refractivity contribution in [1.82, 2.24) is 0 Å². The summed E-state index contributed by atoms with van der Waals surface area (Å²) >= 11 is 0. The average molecular weight is 247 g/mol. The Labute approximate surface area is 108 Å². The first-order valence-electron chi connectivity index (χ1n) is 6.98. The van der Waals surface area contributed by atoms with E-state index in [2.05, 4.69) is 18.2 Å². The summed E-state index contributed by atoms with van der Waals surface area (Å²) in [5, 5.41) is 0. The summed E-state index contributed by atoms with van der Waals surface area (Å²) in [5.74, 6) is 2.38. The Morgan fingerprint density at radius 2 is 1.83 bits per heavy atom. The highest BCUT2D eigenvalue weighted by molar-refractivity contribution is 5.44. The molecule has 1 aromatic rings. The molecule has 0 amide bonds. The highest BCUT2D eigenvalue weighted by Crippen LogP contribution is 2.37. The molecule has 2 N–H and O–H groups in total. The van der Waals surface area contributed by atoms with Crippen molar-refractivity contribution < 1.29 is 9.47 Å². The van der Waals surface area contributed by atoms with Crippen molar-refractivity contribution >= 4 is 0 Å². The predicted octanol–water partition coefficient (Wildman–Crippen LogP) is 2.83. The Kier molecular flexibility index (Phi) is 3.41. The Morgan fingerprint density at radius 3 is 2.67 bits per heavy atom. The van der Waals surface area contributed by atoms with Crippen molar-refractivity contribution in [3.63, 3.8) is 0 Å². The summed E-state index contributed by atoms with van der Waals surface area (Å²) in [5.41, 5.74) is 7.43. The van der Waals surface area contributed by atoms with Crippen molar-refractivity contribution in [2.75, 3.05) is 13.2 Å². The van der Waals surface area contributed by atoms with Crippen molar-refractivity contribution in [2.45, 2.75) is 44.1 Å². The lowest BCUT2D eigenvalue weighted by atomic mass is 9.81. The molecule has 1 fully saturated rings. The van der Waals surface area contributed by atoms with Crippen molar-refractivity contribution in [1.29, 1.82) is 0 Å². The van der Waals surface area contributed by atoms with Crippen LogP contribution in [0.1, 0.15) is 43.6 Å². The van der Waals surface area contributed by atoms with Crippen LogP contribution in [0.5, 0.6) is 11.5 Å². The maximum Gasteiger partial charge on any atom is 0.161 e. The van der Waals surface area contributed by atoms with E-state index in [1.807, 2.05) is 0 Å². The fraction of sp³-hybridized carbons (Fsp3) is 0.600. The lowest BCUT2D eigenvalue weighted by molar-refractivity contribution is 0.296. The van der Waals surface area contributed by atoms with Crippen LogP contribution in [0.15, 0.2) is 18.2 Å². The summed E-state index contributed by atoms with van der Waals surface area (Å²) in [6.07, 6.45) is 5.70. The molecule has 0 radical (unpaired) electrons. The molecule has 0 spiro atoms. The van der Waals surface area contributed by atoms with Gasteiger partial charge < -0.3 is 15.2 Å². The summed E-state index contributed by atoms with van der Waals surface area (Å²) < 4.78 is 11.4. The average Bonchev–Trinajstić information content (AvgIpc) is 2.63. The van der Waals surface area contributed by atoms with Gasteiger partial charge in [0, 0.05) is 12.5 Å². The maximum absolute atomic E-state index is 6.07. The van der Waals surface area contributed by atoms with Crippen LogP contribution in [0.2, 0.25) is 0 Å². The first-order chi connectivity index (χ1) is 8.83. The van der Waals surface area contributed by atoms with Crippen LogP contribution in [0.3, 0.4) is 0 Å². The van der Waals surface area contributed by atoms with Gasteiger partial charge in [-0.25, -0.2) is 0 Å². The van der Waals surface area contributed by atoms with E-state index in [1.165, 1.54) is 24.8 Å². The van der Waals surface area contributed by atoms with Gasteiger partial charge >= 0.3 is 0 Å². The van der Waals surface area contributed by atoms with Gasteiger partial charge in [-0.05, 0) is 42.9 Å². The van der Waals surface area contributed by atoms with Gasteiger partial charge in [0.25, 0.3) is 0 Å². The van der Waals surface area contributed by atoms with E-state index < -0.39 is 0 Å².